The minimum Gasteiger partial charge on any atom is -0.355 e. The third kappa shape index (κ3) is 6.77. The Morgan fingerprint density at radius 2 is 1.43 bits per heavy atom. The summed E-state index contributed by atoms with van der Waals surface area (Å²) in [6, 6.07) is 23.9. The average Bonchev–Trinajstić information content (AvgIpc) is 2.92. The van der Waals surface area contributed by atoms with Gasteiger partial charge >= 0.3 is 0 Å². The molecule has 1 atom stereocenters. The Labute approximate surface area is 220 Å². The molecule has 1 N–H and O–H groups in total. The Morgan fingerprint density at radius 1 is 0.838 bits per heavy atom. The van der Waals surface area contributed by atoms with E-state index in [4.69, 9.17) is 0 Å². The summed E-state index contributed by atoms with van der Waals surface area (Å²) in [4.78, 5) is 28.5. The number of carbonyl (C=O) groups excluding carboxylic acids is 2. The van der Waals surface area contributed by atoms with Crippen molar-refractivity contribution in [3.05, 3.63) is 96.1 Å². The van der Waals surface area contributed by atoms with Crippen LogP contribution in [-0.2, 0) is 32.6 Å². The molecule has 0 bridgehead atoms. The second kappa shape index (κ2) is 13.1. The van der Waals surface area contributed by atoms with Gasteiger partial charge in [-0.25, -0.2) is 8.42 Å². The predicted octanol–water partition coefficient (Wildman–Crippen LogP) is 4.39. The number of sulfonamides is 1. The van der Waals surface area contributed by atoms with Gasteiger partial charge in [0, 0.05) is 13.1 Å². The minimum absolute atomic E-state index is 0.0964. The summed E-state index contributed by atoms with van der Waals surface area (Å²) in [5.74, 6) is -0.715. The molecule has 0 spiro atoms. The fraction of sp³-hybridized carbons (Fsp3) is 0.310. The molecule has 0 saturated carbocycles. The molecule has 8 heteroatoms. The third-order valence-corrected chi connectivity index (χ3v) is 7.96. The van der Waals surface area contributed by atoms with E-state index in [2.05, 4.69) is 5.32 Å². The maximum atomic E-state index is 14.0. The lowest BCUT2D eigenvalue weighted by Crippen LogP contribution is -2.52. The highest BCUT2D eigenvalue weighted by Gasteiger charge is 2.34. The van der Waals surface area contributed by atoms with Crippen molar-refractivity contribution in [1.82, 2.24) is 10.2 Å². The van der Waals surface area contributed by atoms with Crippen molar-refractivity contribution in [2.24, 2.45) is 0 Å². The smallest absolute Gasteiger partial charge is 0.264 e. The summed E-state index contributed by atoms with van der Waals surface area (Å²) in [5, 5.41) is 2.81. The third-order valence-electron chi connectivity index (χ3n) is 6.18. The van der Waals surface area contributed by atoms with E-state index in [0.29, 0.717) is 25.1 Å². The van der Waals surface area contributed by atoms with E-state index in [1.54, 1.807) is 30.3 Å². The Bertz CT molecular complexity index is 1280. The van der Waals surface area contributed by atoms with Crippen molar-refractivity contribution in [3.63, 3.8) is 0 Å². The van der Waals surface area contributed by atoms with Gasteiger partial charge in [-0.2, -0.15) is 0 Å². The van der Waals surface area contributed by atoms with E-state index in [-0.39, 0.29) is 17.3 Å². The zero-order chi connectivity index (χ0) is 26.8. The summed E-state index contributed by atoms with van der Waals surface area (Å²) in [6.45, 7) is 5.79. The SMILES string of the molecule is CCNC(=O)[C@@H](CC)N(Cc1ccccc1)C(=O)CN(c1ccccc1CC)S(=O)(=O)c1ccccc1. The van der Waals surface area contributed by atoms with Crippen molar-refractivity contribution in [2.75, 3.05) is 17.4 Å². The van der Waals surface area contributed by atoms with Crippen LogP contribution in [0.15, 0.2) is 89.8 Å². The van der Waals surface area contributed by atoms with Crippen LogP contribution < -0.4 is 9.62 Å². The number of aryl methyl sites for hydroxylation is 1. The first-order chi connectivity index (χ1) is 17.8. The van der Waals surface area contributed by atoms with E-state index in [1.807, 2.05) is 63.2 Å². The monoisotopic (exact) mass is 521 g/mol. The Hall–Kier alpha value is -3.65. The van der Waals surface area contributed by atoms with Crippen LogP contribution in [0, 0.1) is 0 Å². The van der Waals surface area contributed by atoms with Crippen LogP contribution in [0.5, 0.6) is 0 Å². The molecule has 0 aliphatic carbocycles. The molecule has 0 aliphatic rings. The van der Waals surface area contributed by atoms with Gasteiger partial charge in [0.1, 0.15) is 12.6 Å². The fourth-order valence-electron chi connectivity index (χ4n) is 4.28. The molecule has 0 aromatic heterocycles. The molecule has 3 aromatic carbocycles. The van der Waals surface area contributed by atoms with Gasteiger partial charge < -0.3 is 10.2 Å². The number of carbonyl (C=O) groups is 2. The molecular formula is C29H35N3O4S. The largest absolute Gasteiger partial charge is 0.355 e. The van der Waals surface area contributed by atoms with Gasteiger partial charge in [0.05, 0.1) is 10.6 Å². The van der Waals surface area contributed by atoms with Crippen LogP contribution in [0.1, 0.15) is 38.3 Å². The molecule has 3 rings (SSSR count). The predicted molar refractivity (Wildman–Crippen MR) is 147 cm³/mol. The van der Waals surface area contributed by atoms with E-state index in [0.717, 1.165) is 11.1 Å². The molecule has 0 unspecified atom stereocenters. The van der Waals surface area contributed by atoms with Crippen molar-refractivity contribution in [1.29, 1.82) is 0 Å². The Balaban J connectivity index is 2.07. The molecular weight excluding hydrogens is 486 g/mol. The number of para-hydroxylation sites is 1. The van der Waals surface area contributed by atoms with E-state index in [1.165, 1.54) is 21.3 Å². The lowest BCUT2D eigenvalue weighted by atomic mass is 10.1. The van der Waals surface area contributed by atoms with Crippen LogP contribution in [0.3, 0.4) is 0 Å². The quantitative estimate of drug-likeness (QED) is 0.383. The van der Waals surface area contributed by atoms with E-state index in [9.17, 15) is 18.0 Å². The van der Waals surface area contributed by atoms with Gasteiger partial charge in [-0.15, -0.1) is 0 Å². The van der Waals surface area contributed by atoms with Gasteiger partial charge in [-0.3, -0.25) is 13.9 Å². The molecule has 0 saturated heterocycles. The zero-order valence-electron chi connectivity index (χ0n) is 21.6. The maximum absolute atomic E-state index is 14.0. The standard InChI is InChI=1S/C29H35N3O4S/c1-4-24-17-13-14-20-27(24)32(37(35,36)25-18-11-8-12-19-25)22-28(33)31(21-23-15-9-7-10-16-23)26(5-2)29(34)30-6-3/h7-20,26H,4-6,21-22H2,1-3H3,(H,30,34)/t26-/m1/s1. The fourth-order valence-corrected chi connectivity index (χ4v) is 5.75. The molecule has 0 fully saturated rings. The van der Waals surface area contributed by atoms with Crippen molar-refractivity contribution >= 4 is 27.5 Å². The van der Waals surface area contributed by atoms with Crippen molar-refractivity contribution in [2.45, 2.75) is 51.1 Å². The first-order valence-corrected chi connectivity index (χ1v) is 14.0. The summed E-state index contributed by atoms with van der Waals surface area (Å²) >= 11 is 0. The lowest BCUT2D eigenvalue weighted by molar-refractivity contribution is -0.140. The molecule has 3 aromatic rings. The first kappa shape index (κ1) is 27.9. The highest BCUT2D eigenvalue weighted by molar-refractivity contribution is 7.92. The topological polar surface area (TPSA) is 86.8 Å². The maximum Gasteiger partial charge on any atom is 0.264 e. The highest BCUT2D eigenvalue weighted by atomic mass is 32.2. The number of hydrogen-bond donors (Lipinski definition) is 1. The molecule has 196 valence electrons. The summed E-state index contributed by atoms with van der Waals surface area (Å²) in [6.07, 6.45) is 0.983. The van der Waals surface area contributed by atoms with Crippen LogP contribution in [0.2, 0.25) is 0 Å². The van der Waals surface area contributed by atoms with Crippen LogP contribution in [-0.4, -0.2) is 44.3 Å². The van der Waals surface area contributed by atoms with Gasteiger partial charge in [-0.1, -0.05) is 80.6 Å². The number of nitrogens with one attached hydrogen (secondary N) is 1. The normalized spacial score (nSPS) is 12.0. The summed E-state index contributed by atoms with van der Waals surface area (Å²) in [7, 11) is -4.07. The van der Waals surface area contributed by atoms with E-state index >= 15 is 0 Å². The molecule has 0 heterocycles. The number of amides is 2. The lowest BCUT2D eigenvalue weighted by Gasteiger charge is -2.33. The van der Waals surface area contributed by atoms with Crippen LogP contribution >= 0.6 is 0 Å². The van der Waals surface area contributed by atoms with Crippen molar-refractivity contribution < 1.29 is 18.0 Å². The zero-order valence-corrected chi connectivity index (χ0v) is 22.4. The van der Waals surface area contributed by atoms with Crippen LogP contribution in [0.4, 0.5) is 5.69 Å². The summed E-state index contributed by atoms with van der Waals surface area (Å²) in [5.41, 5.74) is 2.11. The van der Waals surface area contributed by atoms with Crippen LogP contribution in [0.25, 0.3) is 0 Å². The molecule has 2 amide bonds. The highest BCUT2D eigenvalue weighted by Crippen LogP contribution is 2.28. The number of hydrogen-bond acceptors (Lipinski definition) is 4. The second-order valence-corrected chi connectivity index (χ2v) is 10.5. The second-order valence-electron chi connectivity index (χ2n) is 8.63. The van der Waals surface area contributed by atoms with Gasteiger partial charge in [0.25, 0.3) is 10.0 Å². The van der Waals surface area contributed by atoms with Crippen molar-refractivity contribution in [3.8, 4) is 0 Å². The Morgan fingerprint density at radius 3 is 2.03 bits per heavy atom. The van der Waals surface area contributed by atoms with Gasteiger partial charge in [-0.05, 0) is 49.1 Å². The molecule has 37 heavy (non-hydrogen) atoms. The van der Waals surface area contributed by atoms with Gasteiger partial charge in [0.15, 0.2) is 0 Å². The summed E-state index contributed by atoms with van der Waals surface area (Å²) < 4.78 is 28.9. The number of likely N-dealkylation sites (N-methyl/N-ethyl adjacent to an activating group) is 1. The molecule has 0 aliphatic heterocycles. The number of rotatable bonds is 12. The first-order valence-electron chi connectivity index (χ1n) is 12.6. The molecule has 7 nitrogen and oxygen atoms in total. The Kier molecular flexibility index (Phi) is 9.85. The number of anilines is 1. The minimum atomic E-state index is -4.07. The number of nitrogens with zero attached hydrogens (tertiary/aromatic N) is 2. The number of benzene rings is 3. The van der Waals surface area contributed by atoms with Gasteiger partial charge in [0.2, 0.25) is 11.8 Å². The van der Waals surface area contributed by atoms with E-state index < -0.39 is 28.5 Å². The average molecular weight is 522 g/mol. The molecule has 0 radical (unpaired) electrons.